The van der Waals surface area contributed by atoms with Crippen LogP contribution in [0.3, 0.4) is 0 Å². The van der Waals surface area contributed by atoms with Crippen molar-refractivity contribution in [3.63, 3.8) is 0 Å². The first kappa shape index (κ1) is 25.5. The Kier molecular flexibility index (Phi) is 7.79. The van der Waals surface area contributed by atoms with Crippen LogP contribution in [-0.4, -0.2) is 50.4 Å². The lowest BCUT2D eigenvalue weighted by Crippen LogP contribution is -2.35. The van der Waals surface area contributed by atoms with Crippen LogP contribution < -0.4 is 10.9 Å². The van der Waals surface area contributed by atoms with Gasteiger partial charge in [-0.05, 0) is 18.9 Å². The van der Waals surface area contributed by atoms with Crippen LogP contribution in [0.4, 0.5) is 27.6 Å². The van der Waals surface area contributed by atoms with Crippen LogP contribution in [0.15, 0.2) is 22.1 Å². The average molecular weight is 509 g/mol. The van der Waals surface area contributed by atoms with E-state index in [4.69, 9.17) is 11.6 Å². The van der Waals surface area contributed by atoms with Crippen LogP contribution in [0.25, 0.3) is 0 Å². The molecule has 2 N–H and O–H groups in total. The Labute approximate surface area is 193 Å². The summed E-state index contributed by atoms with van der Waals surface area (Å²) in [5, 5.41) is 10.9. The summed E-state index contributed by atoms with van der Waals surface area (Å²) in [5.74, 6) is -5.95. The van der Waals surface area contributed by atoms with Gasteiger partial charge in [-0.15, -0.1) is 5.10 Å². The second-order valence-electron chi connectivity index (χ2n) is 7.64. The van der Waals surface area contributed by atoms with Crippen molar-refractivity contribution in [2.45, 2.75) is 50.5 Å². The molecule has 0 spiro atoms. The Bertz CT molecular complexity index is 1140. The van der Waals surface area contributed by atoms with Crippen molar-refractivity contribution in [3.05, 3.63) is 39.3 Å². The van der Waals surface area contributed by atoms with E-state index >= 15 is 0 Å². The molecule has 34 heavy (non-hydrogen) atoms. The third-order valence-corrected chi connectivity index (χ3v) is 5.54. The Balaban J connectivity index is 1.87. The van der Waals surface area contributed by atoms with Gasteiger partial charge in [0, 0.05) is 30.7 Å². The van der Waals surface area contributed by atoms with Crippen LogP contribution in [0, 0.1) is 11.9 Å². The number of halogens is 6. The summed E-state index contributed by atoms with van der Waals surface area (Å²) in [6.45, 7) is 0. The molecule has 0 bridgehead atoms. The molecule has 1 aliphatic carbocycles. The second kappa shape index (κ2) is 10.4. The normalized spacial score (nSPS) is 17.6. The molecule has 1 unspecified atom stereocenters. The maximum atomic E-state index is 14.5. The van der Waals surface area contributed by atoms with Crippen molar-refractivity contribution >= 4 is 35.3 Å². The van der Waals surface area contributed by atoms with Crippen molar-refractivity contribution in [3.8, 4) is 0 Å². The standard InChI is InChI=1S/C19H18ClF5N6O3/c20-13-5-10(17(33)29-28-13)12(6-14(21)22)31-7-11(16(23)30-31)27-18(34)15(26-8-32)9-1-3-19(24,25)4-2-9/h5,7-9,12,14H,1-4,6H2,(H,27,34)(H,29,33). The molecule has 1 fully saturated rings. The molecule has 184 valence electrons. The number of aromatic amines is 1. The van der Waals surface area contributed by atoms with Crippen molar-refractivity contribution in [2.24, 2.45) is 10.9 Å². The monoisotopic (exact) mass is 508 g/mol. The third kappa shape index (κ3) is 6.04. The van der Waals surface area contributed by atoms with E-state index in [1.165, 1.54) is 0 Å². The number of hydrogen-bond donors (Lipinski definition) is 2. The van der Waals surface area contributed by atoms with Crippen LogP contribution in [0.5, 0.6) is 0 Å². The lowest BCUT2D eigenvalue weighted by molar-refractivity contribution is -0.112. The number of carbonyl (C=O) groups excluding carboxylic acids is 2. The highest BCUT2D eigenvalue weighted by Gasteiger charge is 2.38. The van der Waals surface area contributed by atoms with Crippen LogP contribution in [0.2, 0.25) is 5.15 Å². The molecule has 2 amide bonds. The Morgan fingerprint density at radius 3 is 2.68 bits per heavy atom. The molecule has 0 aliphatic heterocycles. The fourth-order valence-corrected chi connectivity index (χ4v) is 3.87. The van der Waals surface area contributed by atoms with Gasteiger partial charge in [0.1, 0.15) is 16.6 Å². The van der Waals surface area contributed by atoms with Gasteiger partial charge < -0.3 is 5.32 Å². The van der Waals surface area contributed by atoms with Crippen LogP contribution in [0.1, 0.15) is 43.7 Å². The Morgan fingerprint density at radius 2 is 2.06 bits per heavy atom. The number of rotatable bonds is 8. The van der Waals surface area contributed by atoms with Crippen molar-refractivity contribution in [1.29, 1.82) is 0 Å². The lowest BCUT2D eigenvalue weighted by atomic mass is 9.83. The van der Waals surface area contributed by atoms with E-state index in [0.717, 1.165) is 16.9 Å². The number of H-pyrrole nitrogens is 1. The number of aromatic nitrogens is 4. The molecule has 1 saturated carbocycles. The Morgan fingerprint density at radius 1 is 1.38 bits per heavy atom. The van der Waals surface area contributed by atoms with E-state index in [0.29, 0.717) is 0 Å². The molecule has 2 aromatic rings. The van der Waals surface area contributed by atoms with Gasteiger partial charge in [-0.2, -0.15) is 9.49 Å². The van der Waals surface area contributed by atoms with Gasteiger partial charge >= 0.3 is 0 Å². The zero-order chi connectivity index (χ0) is 25.0. The highest BCUT2D eigenvalue weighted by molar-refractivity contribution is 6.44. The van der Waals surface area contributed by atoms with Gasteiger partial charge in [-0.1, -0.05) is 11.6 Å². The first-order valence-electron chi connectivity index (χ1n) is 9.99. The number of amides is 2. The molecule has 2 heterocycles. The van der Waals surface area contributed by atoms with E-state index in [2.05, 4.69) is 20.5 Å². The molecule has 1 atom stereocenters. The van der Waals surface area contributed by atoms with Crippen LogP contribution in [-0.2, 0) is 9.59 Å². The molecular formula is C19H18ClF5N6O3. The fourth-order valence-electron chi connectivity index (χ4n) is 3.71. The van der Waals surface area contributed by atoms with Gasteiger partial charge in [-0.3, -0.25) is 19.1 Å². The van der Waals surface area contributed by atoms with E-state index in [1.807, 2.05) is 5.10 Å². The summed E-state index contributed by atoms with van der Waals surface area (Å²) in [4.78, 5) is 39.1. The number of carbonyl (C=O) groups is 2. The predicted molar refractivity (Wildman–Crippen MR) is 110 cm³/mol. The summed E-state index contributed by atoms with van der Waals surface area (Å²) in [6.07, 6.45) is -4.15. The molecule has 9 nitrogen and oxygen atoms in total. The zero-order valence-corrected chi connectivity index (χ0v) is 18.0. The SMILES string of the molecule is O=CN=C(C(=O)Nc1cn(C(CC(F)F)c2cc(Cl)n[nH]c2=O)nc1F)C1CCC(F)(F)CC1. The molecule has 0 aromatic carbocycles. The summed E-state index contributed by atoms with van der Waals surface area (Å²) in [6, 6.07) is -0.438. The van der Waals surface area contributed by atoms with Crippen molar-refractivity contribution < 1.29 is 31.5 Å². The predicted octanol–water partition coefficient (Wildman–Crippen LogP) is 3.36. The largest absolute Gasteiger partial charge is 0.316 e. The molecule has 0 radical (unpaired) electrons. The van der Waals surface area contributed by atoms with E-state index < -0.39 is 66.7 Å². The maximum absolute atomic E-state index is 14.5. The van der Waals surface area contributed by atoms with Gasteiger partial charge in [0.15, 0.2) is 0 Å². The summed E-state index contributed by atoms with van der Waals surface area (Å²) in [7, 11) is 0. The molecule has 0 saturated heterocycles. The van der Waals surface area contributed by atoms with Gasteiger partial charge in [0.2, 0.25) is 18.8 Å². The average Bonchev–Trinajstić information content (AvgIpc) is 3.12. The quantitative estimate of drug-likeness (QED) is 0.322. The van der Waals surface area contributed by atoms with Crippen LogP contribution >= 0.6 is 11.6 Å². The van der Waals surface area contributed by atoms with Gasteiger partial charge in [0.05, 0.1) is 12.2 Å². The lowest BCUT2D eigenvalue weighted by Gasteiger charge is -2.28. The molecule has 2 aromatic heterocycles. The fraction of sp³-hybridized carbons (Fsp3) is 0.474. The van der Waals surface area contributed by atoms with E-state index in [-0.39, 0.29) is 35.7 Å². The maximum Gasteiger partial charge on any atom is 0.270 e. The number of nitrogens with zero attached hydrogens (tertiary/aromatic N) is 4. The summed E-state index contributed by atoms with van der Waals surface area (Å²) >= 11 is 5.73. The number of hydrogen-bond acceptors (Lipinski definition) is 5. The van der Waals surface area contributed by atoms with E-state index in [9.17, 15) is 36.3 Å². The summed E-state index contributed by atoms with van der Waals surface area (Å²) < 4.78 is 68.4. The minimum Gasteiger partial charge on any atom is -0.316 e. The molecule has 1 aliphatic rings. The minimum atomic E-state index is -2.92. The number of aliphatic imine (C=N–C) groups is 1. The van der Waals surface area contributed by atoms with Gasteiger partial charge in [0.25, 0.3) is 17.4 Å². The first-order chi connectivity index (χ1) is 16.0. The second-order valence-corrected chi connectivity index (χ2v) is 8.02. The highest BCUT2D eigenvalue weighted by Crippen LogP contribution is 2.37. The number of nitrogens with one attached hydrogen (secondary N) is 2. The Hall–Kier alpha value is -3.16. The smallest absolute Gasteiger partial charge is 0.270 e. The number of anilines is 1. The van der Waals surface area contributed by atoms with Gasteiger partial charge in [-0.25, -0.2) is 27.7 Å². The number of alkyl halides is 4. The minimum absolute atomic E-state index is 0.0690. The molecule has 3 rings (SSSR count). The summed E-state index contributed by atoms with van der Waals surface area (Å²) in [5.41, 5.74) is -2.04. The van der Waals surface area contributed by atoms with E-state index in [1.54, 1.807) is 0 Å². The van der Waals surface area contributed by atoms with Crippen molar-refractivity contribution in [2.75, 3.05) is 5.32 Å². The topological polar surface area (TPSA) is 122 Å². The van der Waals surface area contributed by atoms with Crippen molar-refractivity contribution in [1.82, 2.24) is 20.0 Å². The molecule has 15 heteroatoms. The molecular weight excluding hydrogens is 491 g/mol. The first-order valence-corrected chi connectivity index (χ1v) is 10.4. The third-order valence-electron chi connectivity index (χ3n) is 5.34. The zero-order valence-electron chi connectivity index (χ0n) is 17.3. The highest BCUT2D eigenvalue weighted by atomic mass is 35.5.